The van der Waals surface area contributed by atoms with Gasteiger partial charge in [-0.1, -0.05) is 17.3 Å². The number of hydrogen-bond donors (Lipinski definition) is 1. The van der Waals surface area contributed by atoms with Gasteiger partial charge in [0, 0.05) is 24.2 Å². The zero-order chi connectivity index (χ0) is 11.1. The molecule has 0 bridgehead atoms. The molecule has 0 atom stereocenters. The highest BCUT2D eigenvalue weighted by atomic mass is 16.5. The van der Waals surface area contributed by atoms with Crippen molar-refractivity contribution in [2.45, 2.75) is 26.9 Å². The van der Waals surface area contributed by atoms with Gasteiger partial charge < -0.3 is 9.84 Å². The fourth-order valence-corrected chi connectivity index (χ4v) is 2.08. The third kappa shape index (κ3) is 1.36. The van der Waals surface area contributed by atoms with Gasteiger partial charge in [-0.25, -0.2) is 0 Å². The minimum absolute atomic E-state index is 0.823. The lowest BCUT2D eigenvalue weighted by atomic mass is 10.0. The Kier molecular flexibility index (Phi) is 2.07. The Labute approximate surface area is 94.5 Å². The van der Waals surface area contributed by atoms with Gasteiger partial charge in [0.15, 0.2) is 5.76 Å². The summed E-state index contributed by atoms with van der Waals surface area (Å²) in [5.74, 6) is 0.920. The summed E-state index contributed by atoms with van der Waals surface area (Å²) >= 11 is 0. The van der Waals surface area contributed by atoms with Crippen LogP contribution in [-0.2, 0) is 13.1 Å². The maximum Gasteiger partial charge on any atom is 0.171 e. The van der Waals surface area contributed by atoms with Crippen LogP contribution in [0.15, 0.2) is 22.7 Å². The number of aromatic nitrogens is 1. The third-order valence-corrected chi connectivity index (χ3v) is 3.23. The standard InChI is InChI=1S/C13H14N2O/c1-8-3-4-10(5-9(8)2)13-11-6-14-7-12(11)15-16-13/h3-5,14H,6-7H2,1-2H3. The summed E-state index contributed by atoms with van der Waals surface area (Å²) in [4.78, 5) is 0. The van der Waals surface area contributed by atoms with E-state index >= 15 is 0 Å². The fourth-order valence-electron chi connectivity index (χ4n) is 2.08. The molecule has 1 aromatic carbocycles. The van der Waals surface area contributed by atoms with Gasteiger partial charge in [0.25, 0.3) is 0 Å². The van der Waals surface area contributed by atoms with Gasteiger partial charge in [-0.3, -0.25) is 0 Å². The Bertz CT molecular complexity index is 543. The first kappa shape index (κ1) is 9.60. The fraction of sp³-hybridized carbons (Fsp3) is 0.308. The molecule has 0 saturated heterocycles. The molecule has 2 aromatic rings. The Hall–Kier alpha value is -1.61. The van der Waals surface area contributed by atoms with E-state index in [9.17, 15) is 0 Å². The quantitative estimate of drug-likeness (QED) is 0.792. The van der Waals surface area contributed by atoms with Gasteiger partial charge in [0.05, 0.1) is 0 Å². The maximum absolute atomic E-state index is 5.43. The van der Waals surface area contributed by atoms with Crippen LogP contribution in [0.5, 0.6) is 0 Å². The molecule has 3 heteroatoms. The molecule has 0 aliphatic carbocycles. The number of nitrogens with one attached hydrogen (secondary N) is 1. The van der Waals surface area contributed by atoms with Crippen molar-refractivity contribution in [3.63, 3.8) is 0 Å². The van der Waals surface area contributed by atoms with E-state index in [0.29, 0.717) is 0 Å². The summed E-state index contributed by atoms with van der Waals surface area (Å²) in [6.45, 7) is 5.92. The summed E-state index contributed by atoms with van der Waals surface area (Å²) in [6, 6.07) is 6.39. The molecule has 0 radical (unpaired) electrons. The molecule has 1 aliphatic heterocycles. The highest BCUT2D eigenvalue weighted by Gasteiger charge is 2.21. The largest absolute Gasteiger partial charge is 0.356 e. The summed E-state index contributed by atoms with van der Waals surface area (Å²) in [5.41, 5.74) is 5.98. The van der Waals surface area contributed by atoms with Crippen LogP contribution in [0.3, 0.4) is 0 Å². The summed E-state index contributed by atoms with van der Waals surface area (Å²) < 4.78 is 5.43. The average molecular weight is 214 g/mol. The van der Waals surface area contributed by atoms with E-state index in [1.54, 1.807) is 0 Å². The normalized spacial score (nSPS) is 14.1. The van der Waals surface area contributed by atoms with Crippen LogP contribution in [0.4, 0.5) is 0 Å². The summed E-state index contributed by atoms with van der Waals surface area (Å²) in [5, 5.41) is 7.37. The van der Waals surface area contributed by atoms with Crippen LogP contribution in [0.2, 0.25) is 0 Å². The topological polar surface area (TPSA) is 38.1 Å². The van der Waals surface area contributed by atoms with Crippen molar-refractivity contribution in [3.05, 3.63) is 40.6 Å². The Morgan fingerprint density at radius 2 is 2.06 bits per heavy atom. The molecular weight excluding hydrogens is 200 g/mol. The minimum Gasteiger partial charge on any atom is -0.356 e. The van der Waals surface area contributed by atoms with E-state index in [4.69, 9.17) is 4.52 Å². The first-order valence-corrected chi connectivity index (χ1v) is 5.51. The molecule has 2 heterocycles. The number of rotatable bonds is 1. The van der Waals surface area contributed by atoms with Crippen LogP contribution in [0, 0.1) is 13.8 Å². The number of nitrogens with zero attached hydrogens (tertiary/aromatic N) is 1. The zero-order valence-electron chi connectivity index (χ0n) is 9.50. The van der Waals surface area contributed by atoms with Gasteiger partial charge in [0.1, 0.15) is 5.69 Å². The molecule has 0 saturated carbocycles. The molecule has 0 amide bonds. The first-order chi connectivity index (χ1) is 7.75. The Balaban J connectivity index is 2.11. The van der Waals surface area contributed by atoms with Crippen molar-refractivity contribution >= 4 is 0 Å². The molecule has 0 spiro atoms. The second kappa shape index (κ2) is 3.46. The van der Waals surface area contributed by atoms with Crippen molar-refractivity contribution < 1.29 is 4.52 Å². The lowest BCUT2D eigenvalue weighted by Gasteiger charge is -2.03. The number of hydrogen-bond acceptors (Lipinski definition) is 3. The van der Waals surface area contributed by atoms with Gasteiger partial charge in [-0.2, -0.15) is 0 Å². The molecule has 1 aliphatic rings. The van der Waals surface area contributed by atoms with Crippen molar-refractivity contribution in [3.8, 4) is 11.3 Å². The van der Waals surface area contributed by atoms with Crippen molar-refractivity contribution in [1.82, 2.24) is 10.5 Å². The van der Waals surface area contributed by atoms with Gasteiger partial charge in [-0.15, -0.1) is 0 Å². The average Bonchev–Trinajstić information content (AvgIpc) is 2.83. The van der Waals surface area contributed by atoms with E-state index in [1.165, 1.54) is 16.7 Å². The lowest BCUT2D eigenvalue weighted by Crippen LogP contribution is -2.01. The lowest BCUT2D eigenvalue weighted by molar-refractivity contribution is 0.417. The zero-order valence-corrected chi connectivity index (χ0v) is 9.50. The predicted molar refractivity (Wildman–Crippen MR) is 62.0 cm³/mol. The molecule has 3 rings (SSSR count). The molecule has 82 valence electrons. The predicted octanol–water partition coefficient (Wildman–Crippen LogP) is 2.56. The van der Waals surface area contributed by atoms with E-state index in [-0.39, 0.29) is 0 Å². The number of aryl methyl sites for hydroxylation is 2. The Morgan fingerprint density at radius 3 is 2.88 bits per heavy atom. The molecule has 1 aromatic heterocycles. The van der Waals surface area contributed by atoms with E-state index in [2.05, 4.69) is 42.5 Å². The highest BCUT2D eigenvalue weighted by Crippen LogP contribution is 2.30. The summed E-state index contributed by atoms with van der Waals surface area (Å²) in [6.07, 6.45) is 0. The van der Waals surface area contributed by atoms with Gasteiger partial charge in [-0.05, 0) is 31.0 Å². The Morgan fingerprint density at radius 1 is 1.19 bits per heavy atom. The second-order valence-electron chi connectivity index (χ2n) is 4.34. The van der Waals surface area contributed by atoms with Crippen molar-refractivity contribution in [2.24, 2.45) is 0 Å². The van der Waals surface area contributed by atoms with Gasteiger partial charge >= 0.3 is 0 Å². The molecular formula is C13H14N2O. The van der Waals surface area contributed by atoms with E-state index in [0.717, 1.165) is 30.1 Å². The highest BCUT2D eigenvalue weighted by molar-refractivity contribution is 5.64. The van der Waals surface area contributed by atoms with Crippen LogP contribution in [0.1, 0.15) is 22.4 Å². The minimum atomic E-state index is 0.823. The molecule has 3 nitrogen and oxygen atoms in total. The second-order valence-corrected chi connectivity index (χ2v) is 4.34. The number of fused-ring (bicyclic) bond motifs is 1. The van der Waals surface area contributed by atoms with Crippen LogP contribution >= 0.6 is 0 Å². The molecule has 1 N–H and O–H groups in total. The van der Waals surface area contributed by atoms with E-state index < -0.39 is 0 Å². The molecule has 0 fully saturated rings. The number of benzene rings is 1. The molecule has 16 heavy (non-hydrogen) atoms. The smallest absolute Gasteiger partial charge is 0.171 e. The van der Waals surface area contributed by atoms with Gasteiger partial charge in [0.2, 0.25) is 0 Å². The van der Waals surface area contributed by atoms with Crippen LogP contribution in [0.25, 0.3) is 11.3 Å². The van der Waals surface area contributed by atoms with E-state index in [1.807, 2.05) is 0 Å². The van der Waals surface area contributed by atoms with Crippen LogP contribution in [-0.4, -0.2) is 5.16 Å². The third-order valence-electron chi connectivity index (χ3n) is 3.23. The van der Waals surface area contributed by atoms with Crippen LogP contribution < -0.4 is 5.32 Å². The van der Waals surface area contributed by atoms with Crippen molar-refractivity contribution in [2.75, 3.05) is 0 Å². The monoisotopic (exact) mass is 214 g/mol. The van der Waals surface area contributed by atoms with Crippen molar-refractivity contribution in [1.29, 1.82) is 0 Å². The summed E-state index contributed by atoms with van der Waals surface area (Å²) in [7, 11) is 0. The maximum atomic E-state index is 5.43. The SMILES string of the molecule is Cc1ccc(-c2onc3c2CNC3)cc1C. The first-order valence-electron chi connectivity index (χ1n) is 5.51. The molecule has 0 unspecified atom stereocenters.